The average molecular weight is 218 g/mol. The third kappa shape index (κ3) is 1.87. The van der Waals surface area contributed by atoms with Crippen LogP contribution in [0.25, 0.3) is 0 Å². The molecule has 0 atom stereocenters. The van der Waals surface area contributed by atoms with Crippen molar-refractivity contribution in [2.45, 2.75) is 6.43 Å². The minimum atomic E-state index is -3.26. The lowest BCUT2D eigenvalue weighted by Gasteiger charge is -2.02. The molecule has 0 bridgehead atoms. The van der Waals surface area contributed by atoms with E-state index in [9.17, 15) is 28.5 Å². The van der Waals surface area contributed by atoms with Crippen LogP contribution in [0.15, 0.2) is 11.0 Å². The van der Waals surface area contributed by atoms with E-state index in [1.807, 2.05) is 4.98 Å². The van der Waals surface area contributed by atoms with Crippen LogP contribution in [0.2, 0.25) is 0 Å². The number of carbonyl (C=O) groups excluding carboxylic acids is 1. The molecule has 0 aliphatic carbocycles. The monoisotopic (exact) mass is 218 g/mol. The summed E-state index contributed by atoms with van der Waals surface area (Å²) in [6, 6.07) is 0. The molecular weight excluding hydrogens is 214 g/mol. The van der Waals surface area contributed by atoms with Gasteiger partial charge in [0.25, 0.3) is 17.7 Å². The van der Waals surface area contributed by atoms with Crippen molar-refractivity contribution in [2.24, 2.45) is 0 Å². The Kier molecular flexibility index (Phi) is 2.88. The zero-order chi connectivity index (χ0) is 11.6. The van der Waals surface area contributed by atoms with Gasteiger partial charge in [0.15, 0.2) is 6.29 Å². The molecule has 0 unspecified atom stereocenters. The molecule has 1 heterocycles. The second kappa shape index (κ2) is 3.95. The molecule has 80 valence electrons. The van der Waals surface area contributed by atoms with Gasteiger partial charge >= 0.3 is 0 Å². The number of aromatic nitrogens is 1. The first-order chi connectivity index (χ1) is 6.99. The predicted octanol–water partition coefficient (Wildman–Crippen LogP) is 1.03. The molecule has 0 amide bonds. The molecule has 0 fully saturated rings. The molecule has 0 aromatic carbocycles. The van der Waals surface area contributed by atoms with Gasteiger partial charge in [-0.2, -0.15) is 0 Å². The second-order valence-corrected chi connectivity index (χ2v) is 2.51. The SMILES string of the molecule is O=Cc1c(C(F)F)c([N+](=O)[O-])c[nH]c1=O. The number of hydrogen-bond donors (Lipinski definition) is 1. The van der Waals surface area contributed by atoms with Crippen molar-refractivity contribution in [1.82, 2.24) is 4.98 Å². The van der Waals surface area contributed by atoms with Crippen LogP contribution < -0.4 is 5.56 Å². The number of carbonyl (C=O) groups is 1. The number of hydrogen-bond acceptors (Lipinski definition) is 4. The second-order valence-electron chi connectivity index (χ2n) is 2.51. The maximum Gasteiger partial charge on any atom is 0.295 e. The van der Waals surface area contributed by atoms with Crippen molar-refractivity contribution < 1.29 is 18.5 Å². The van der Waals surface area contributed by atoms with Crippen LogP contribution in [0, 0.1) is 10.1 Å². The molecule has 1 aromatic heterocycles. The molecular formula is C7H4F2N2O4. The third-order valence-electron chi connectivity index (χ3n) is 1.68. The van der Waals surface area contributed by atoms with E-state index >= 15 is 0 Å². The van der Waals surface area contributed by atoms with Crippen LogP contribution in [0.3, 0.4) is 0 Å². The van der Waals surface area contributed by atoms with Crippen molar-refractivity contribution in [3.8, 4) is 0 Å². The number of aromatic amines is 1. The molecule has 0 aliphatic heterocycles. The van der Waals surface area contributed by atoms with Crippen molar-refractivity contribution in [2.75, 3.05) is 0 Å². The van der Waals surface area contributed by atoms with Crippen LogP contribution in [-0.4, -0.2) is 16.2 Å². The highest BCUT2D eigenvalue weighted by atomic mass is 19.3. The Morgan fingerprint density at radius 1 is 1.53 bits per heavy atom. The van der Waals surface area contributed by atoms with Crippen molar-refractivity contribution in [3.05, 3.63) is 37.8 Å². The van der Waals surface area contributed by atoms with Gasteiger partial charge in [-0.05, 0) is 0 Å². The average Bonchev–Trinajstić information content (AvgIpc) is 2.16. The Labute approximate surface area is 80.7 Å². The van der Waals surface area contributed by atoms with Crippen LogP contribution in [0.4, 0.5) is 14.5 Å². The maximum absolute atomic E-state index is 12.4. The summed E-state index contributed by atoms with van der Waals surface area (Å²) in [7, 11) is 0. The van der Waals surface area contributed by atoms with Gasteiger partial charge in [-0.3, -0.25) is 19.7 Å². The van der Waals surface area contributed by atoms with Gasteiger partial charge < -0.3 is 4.98 Å². The fourth-order valence-electron chi connectivity index (χ4n) is 1.05. The molecule has 0 saturated carbocycles. The molecule has 8 heteroatoms. The fraction of sp³-hybridized carbons (Fsp3) is 0.143. The van der Waals surface area contributed by atoms with E-state index in [-0.39, 0.29) is 6.29 Å². The first-order valence-electron chi connectivity index (χ1n) is 3.62. The van der Waals surface area contributed by atoms with Crippen molar-refractivity contribution in [1.29, 1.82) is 0 Å². The molecule has 0 spiro atoms. The number of aldehydes is 1. The lowest BCUT2D eigenvalue weighted by molar-refractivity contribution is -0.386. The summed E-state index contributed by atoms with van der Waals surface area (Å²) in [5.74, 6) is 0. The van der Waals surface area contributed by atoms with Crippen molar-refractivity contribution >= 4 is 12.0 Å². The quantitative estimate of drug-likeness (QED) is 0.465. The summed E-state index contributed by atoms with van der Waals surface area (Å²) in [6.07, 6.45) is -2.85. The lowest BCUT2D eigenvalue weighted by atomic mass is 10.1. The summed E-state index contributed by atoms with van der Waals surface area (Å²) < 4.78 is 24.8. The molecule has 0 saturated heterocycles. The number of pyridine rings is 1. The first-order valence-corrected chi connectivity index (χ1v) is 3.62. The van der Waals surface area contributed by atoms with Crippen LogP contribution in [0.1, 0.15) is 22.3 Å². The summed E-state index contributed by atoms with van der Waals surface area (Å²) in [5, 5.41) is 10.3. The zero-order valence-corrected chi connectivity index (χ0v) is 7.07. The van der Waals surface area contributed by atoms with Crippen LogP contribution in [0.5, 0.6) is 0 Å². The van der Waals surface area contributed by atoms with Crippen LogP contribution >= 0.6 is 0 Å². The summed E-state index contributed by atoms with van der Waals surface area (Å²) in [6.45, 7) is 0. The number of alkyl halides is 2. The molecule has 1 N–H and O–H groups in total. The number of nitrogens with zero attached hydrogens (tertiary/aromatic N) is 1. The van der Waals surface area contributed by atoms with Gasteiger partial charge in [0.2, 0.25) is 0 Å². The van der Waals surface area contributed by atoms with E-state index < -0.39 is 33.7 Å². The molecule has 6 nitrogen and oxygen atoms in total. The van der Waals surface area contributed by atoms with Gasteiger partial charge in [-0.15, -0.1) is 0 Å². The normalized spacial score (nSPS) is 10.3. The Morgan fingerprint density at radius 2 is 2.13 bits per heavy atom. The first kappa shape index (κ1) is 11.0. The Hall–Kier alpha value is -2.12. The van der Waals surface area contributed by atoms with E-state index in [4.69, 9.17) is 0 Å². The van der Waals surface area contributed by atoms with E-state index in [2.05, 4.69) is 0 Å². The fourth-order valence-corrected chi connectivity index (χ4v) is 1.05. The highest BCUT2D eigenvalue weighted by molar-refractivity contribution is 5.78. The minimum Gasteiger partial charge on any atom is -0.322 e. The van der Waals surface area contributed by atoms with Gasteiger partial charge in [0.1, 0.15) is 5.56 Å². The molecule has 1 rings (SSSR count). The van der Waals surface area contributed by atoms with E-state index in [1.165, 1.54) is 0 Å². The predicted molar refractivity (Wildman–Crippen MR) is 44.1 cm³/mol. The molecule has 0 radical (unpaired) electrons. The van der Waals surface area contributed by atoms with Gasteiger partial charge in [0, 0.05) is 0 Å². The Morgan fingerprint density at radius 3 is 2.53 bits per heavy atom. The van der Waals surface area contributed by atoms with Gasteiger partial charge in [-0.1, -0.05) is 0 Å². The number of rotatable bonds is 3. The number of nitrogens with one attached hydrogen (secondary N) is 1. The highest BCUT2D eigenvalue weighted by Gasteiger charge is 2.27. The smallest absolute Gasteiger partial charge is 0.295 e. The zero-order valence-electron chi connectivity index (χ0n) is 7.07. The highest BCUT2D eigenvalue weighted by Crippen LogP contribution is 2.28. The minimum absolute atomic E-state index is 0.132. The number of H-pyrrole nitrogens is 1. The largest absolute Gasteiger partial charge is 0.322 e. The third-order valence-corrected chi connectivity index (χ3v) is 1.68. The maximum atomic E-state index is 12.4. The van der Waals surface area contributed by atoms with Crippen LogP contribution in [-0.2, 0) is 0 Å². The number of nitro groups is 1. The topological polar surface area (TPSA) is 93.1 Å². The van der Waals surface area contributed by atoms with E-state index in [0.717, 1.165) is 0 Å². The van der Waals surface area contributed by atoms with E-state index in [0.29, 0.717) is 6.20 Å². The van der Waals surface area contributed by atoms with Crippen molar-refractivity contribution in [3.63, 3.8) is 0 Å². The van der Waals surface area contributed by atoms with E-state index in [1.54, 1.807) is 0 Å². The molecule has 15 heavy (non-hydrogen) atoms. The Balaban J connectivity index is 3.63. The summed E-state index contributed by atoms with van der Waals surface area (Å²) in [4.78, 5) is 32.3. The molecule has 1 aromatic rings. The lowest BCUT2D eigenvalue weighted by Crippen LogP contribution is -2.16. The molecule has 0 aliphatic rings. The van der Waals surface area contributed by atoms with Gasteiger partial charge in [0.05, 0.1) is 16.7 Å². The Bertz CT molecular complexity index is 469. The summed E-state index contributed by atoms with van der Waals surface area (Å²) >= 11 is 0. The number of halogens is 2. The summed E-state index contributed by atoms with van der Waals surface area (Å²) in [5.41, 5.74) is -4.13. The van der Waals surface area contributed by atoms with Gasteiger partial charge in [-0.25, -0.2) is 8.78 Å². The standard InChI is InChI=1S/C7H4F2N2O4/c8-6(9)5-3(2-12)7(13)10-1-4(5)11(14)15/h1-2,6H,(H,10,13).